The molecule has 1 aromatic rings. The van der Waals surface area contributed by atoms with Crippen molar-refractivity contribution in [1.29, 1.82) is 0 Å². The topological polar surface area (TPSA) is 58.6 Å². The molecule has 1 fully saturated rings. The third-order valence-corrected chi connectivity index (χ3v) is 3.79. The lowest BCUT2D eigenvalue weighted by molar-refractivity contribution is -0.152. The number of amides is 2. The first-order valence-corrected chi connectivity index (χ1v) is 6.90. The Labute approximate surface area is 123 Å². The van der Waals surface area contributed by atoms with Crippen molar-refractivity contribution >= 4 is 17.5 Å². The van der Waals surface area contributed by atoms with Gasteiger partial charge in [0.25, 0.3) is 0 Å². The van der Waals surface area contributed by atoms with Crippen LogP contribution in [0.5, 0.6) is 0 Å². The van der Waals surface area contributed by atoms with Crippen LogP contribution in [0.3, 0.4) is 0 Å². The summed E-state index contributed by atoms with van der Waals surface area (Å²) in [5.41, 5.74) is 1.00. The molecule has 2 atom stereocenters. The van der Waals surface area contributed by atoms with E-state index >= 15 is 0 Å². The van der Waals surface area contributed by atoms with Gasteiger partial charge >= 0.3 is 11.8 Å². The van der Waals surface area contributed by atoms with E-state index in [1.165, 1.54) is 17.0 Å². The van der Waals surface area contributed by atoms with Crippen LogP contribution in [-0.2, 0) is 14.3 Å². The molecule has 0 unspecified atom stereocenters. The van der Waals surface area contributed by atoms with Crippen LogP contribution in [0.25, 0.3) is 0 Å². The lowest BCUT2D eigenvalue weighted by Crippen LogP contribution is -2.54. The maximum Gasteiger partial charge on any atom is 0.313 e. The number of carbonyl (C=O) groups is 2. The molecule has 0 aliphatic carbocycles. The van der Waals surface area contributed by atoms with Gasteiger partial charge in [-0.1, -0.05) is 6.07 Å². The Kier molecular flexibility index (Phi) is 4.57. The molecule has 1 aliphatic rings. The molecule has 0 bridgehead atoms. The first-order valence-electron chi connectivity index (χ1n) is 6.90. The van der Waals surface area contributed by atoms with Gasteiger partial charge in [0.05, 0.1) is 18.8 Å². The lowest BCUT2D eigenvalue weighted by atomic mass is 10.1. The van der Waals surface area contributed by atoms with Crippen LogP contribution in [0.1, 0.15) is 19.4 Å². The molecule has 114 valence electrons. The van der Waals surface area contributed by atoms with Crippen molar-refractivity contribution in [1.82, 2.24) is 4.90 Å². The van der Waals surface area contributed by atoms with E-state index in [0.29, 0.717) is 24.4 Å². The lowest BCUT2D eigenvalue weighted by Gasteiger charge is -2.37. The molecule has 0 spiro atoms. The SMILES string of the molecule is Cc1ccc(F)cc1NC(=O)C(=O)N1CCO[C@@H](C)[C@H]1C. The van der Waals surface area contributed by atoms with E-state index in [1.807, 2.05) is 13.8 Å². The van der Waals surface area contributed by atoms with E-state index in [4.69, 9.17) is 4.74 Å². The van der Waals surface area contributed by atoms with E-state index in [-0.39, 0.29) is 12.1 Å². The summed E-state index contributed by atoms with van der Waals surface area (Å²) in [6, 6.07) is 3.88. The number of anilines is 1. The highest BCUT2D eigenvalue weighted by molar-refractivity contribution is 6.39. The minimum Gasteiger partial charge on any atom is -0.375 e. The Morgan fingerprint density at radius 1 is 1.38 bits per heavy atom. The van der Waals surface area contributed by atoms with Crippen molar-refractivity contribution in [2.75, 3.05) is 18.5 Å². The Morgan fingerprint density at radius 3 is 2.81 bits per heavy atom. The molecular formula is C15H19FN2O3. The van der Waals surface area contributed by atoms with E-state index in [1.54, 1.807) is 13.0 Å². The number of morpholine rings is 1. The zero-order valence-corrected chi connectivity index (χ0v) is 12.4. The van der Waals surface area contributed by atoms with Gasteiger partial charge < -0.3 is 15.0 Å². The van der Waals surface area contributed by atoms with Crippen LogP contribution < -0.4 is 5.32 Å². The van der Waals surface area contributed by atoms with Crippen molar-refractivity contribution in [3.63, 3.8) is 0 Å². The van der Waals surface area contributed by atoms with Gasteiger partial charge in [0.2, 0.25) is 0 Å². The summed E-state index contributed by atoms with van der Waals surface area (Å²) in [6.07, 6.45) is -0.119. The van der Waals surface area contributed by atoms with Crippen LogP contribution in [0.2, 0.25) is 0 Å². The average Bonchev–Trinajstić information content (AvgIpc) is 2.45. The van der Waals surface area contributed by atoms with Crippen LogP contribution in [0.4, 0.5) is 10.1 Å². The summed E-state index contributed by atoms with van der Waals surface area (Å²) in [5, 5.41) is 2.47. The smallest absolute Gasteiger partial charge is 0.313 e. The molecule has 6 heteroatoms. The summed E-state index contributed by atoms with van der Waals surface area (Å²) in [7, 11) is 0. The third kappa shape index (κ3) is 3.39. The number of aryl methyl sites for hydroxylation is 1. The Morgan fingerprint density at radius 2 is 2.10 bits per heavy atom. The second-order valence-corrected chi connectivity index (χ2v) is 5.23. The minimum atomic E-state index is -0.760. The quantitative estimate of drug-likeness (QED) is 0.802. The standard InChI is InChI=1S/C15H19FN2O3/c1-9-4-5-12(16)8-13(9)17-14(19)15(20)18-6-7-21-11(3)10(18)2/h4-5,8,10-11H,6-7H2,1-3H3,(H,17,19)/t10-,11+/m1/s1. The molecule has 1 heterocycles. The monoisotopic (exact) mass is 294 g/mol. The number of benzene rings is 1. The zero-order chi connectivity index (χ0) is 15.6. The summed E-state index contributed by atoms with van der Waals surface area (Å²) in [5.74, 6) is -1.84. The second kappa shape index (κ2) is 6.22. The molecule has 0 radical (unpaired) electrons. The maximum atomic E-state index is 13.2. The van der Waals surface area contributed by atoms with Crippen molar-refractivity contribution < 1.29 is 18.7 Å². The van der Waals surface area contributed by atoms with Crippen LogP contribution in [0, 0.1) is 12.7 Å². The van der Waals surface area contributed by atoms with Gasteiger partial charge in [-0.25, -0.2) is 4.39 Å². The minimum absolute atomic E-state index is 0.119. The largest absolute Gasteiger partial charge is 0.375 e. The molecule has 1 N–H and O–H groups in total. The van der Waals surface area contributed by atoms with Gasteiger partial charge in [0.15, 0.2) is 0 Å². The molecule has 5 nitrogen and oxygen atoms in total. The van der Waals surface area contributed by atoms with Gasteiger partial charge in [-0.2, -0.15) is 0 Å². The highest BCUT2D eigenvalue weighted by Crippen LogP contribution is 2.17. The van der Waals surface area contributed by atoms with Gasteiger partial charge in [0, 0.05) is 12.2 Å². The summed E-state index contributed by atoms with van der Waals surface area (Å²) < 4.78 is 18.6. The number of ether oxygens (including phenoxy) is 1. The normalized spacial score (nSPS) is 22.0. The maximum absolute atomic E-state index is 13.2. The fourth-order valence-electron chi connectivity index (χ4n) is 2.25. The van der Waals surface area contributed by atoms with E-state index in [0.717, 1.165) is 0 Å². The van der Waals surface area contributed by atoms with Crippen molar-refractivity contribution in [3.05, 3.63) is 29.6 Å². The average molecular weight is 294 g/mol. The van der Waals surface area contributed by atoms with Gasteiger partial charge in [0.1, 0.15) is 5.82 Å². The van der Waals surface area contributed by atoms with E-state index in [2.05, 4.69) is 5.32 Å². The number of carbonyl (C=O) groups excluding carboxylic acids is 2. The van der Waals surface area contributed by atoms with Crippen LogP contribution in [-0.4, -0.2) is 42.0 Å². The van der Waals surface area contributed by atoms with Crippen molar-refractivity contribution in [3.8, 4) is 0 Å². The molecule has 2 amide bonds. The summed E-state index contributed by atoms with van der Waals surface area (Å²) >= 11 is 0. The highest BCUT2D eigenvalue weighted by atomic mass is 19.1. The first-order chi connectivity index (χ1) is 9.90. The fourth-order valence-corrected chi connectivity index (χ4v) is 2.25. The van der Waals surface area contributed by atoms with Gasteiger partial charge in [-0.3, -0.25) is 9.59 Å². The number of rotatable bonds is 1. The van der Waals surface area contributed by atoms with Crippen LogP contribution in [0.15, 0.2) is 18.2 Å². The highest BCUT2D eigenvalue weighted by Gasteiger charge is 2.32. The fraction of sp³-hybridized carbons (Fsp3) is 0.467. The third-order valence-electron chi connectivity index (χ3n) is 3.79. The summed E-state index contributed by atoms with van der Waals surface area (Å²) in [4.78, 5) is 25.8. The van der Waals surface area contributed by atoms with Gasteiger partial charge in [-0.05, 0) is 38.5 Å². The molecule has 2 rings (SSSR count). The predicted molar refractivity (Wildman–Crippen MR) is 76.4 cm³/mol. The number of nitrogens with one attached hydrogen (secondary N) is 1. The summed E-state index contributed by atoms with van der Waals surface area (Å²) in [6.45, 7) is 6.21. The molecule has 1 aromatic carbocycles. The zero-order valence-electron chi connectivity index (χ0n) is 12.4. The van der Waals surface area contributed by atoms with E-state index < -0.39 is 17.6 Å². The number of halogens is 1. The Bertz CT molecular complexity index is 562. The molecule has 0 aromatic heterocycles. The number of hydrogen-bond acceptors (Lipinski definition) is 3. The second-order valence-electron chi connectivity index (χ2n) is 5.23. The molecular weight excluding hydrogens is 275 g/mol. The predicted octanol–water partition coefficient (Wildman–Crippen LogP) is 1.71. The number of nitrogens with zero attached hydrogens (tertiary/aromatic N) is 1. The van der Waals surface area contributed by atoms with Gasteiger partial charge in [-0.15, -0.1) is 0 Å². The van der Waals surface area contributed by atoms with Crippen LogP contribution >= 0.6 is 0 Å². The van der Waals surface area contributed by atoms with Crippen molar-refractivity contribution in [2.24, 2.45) is 0 Å². The Hall–Kier alpha value is -1.95. The number of hydrogen-bond donors (Lipinski definition) is 1. The first kappa shape index (κ1) is 15.4. The van der Waals surface area contributed by atoms with Crippen molar-refractivity contribution in [2.45, 2.75) is 32.9 Å². The van der Waals surface area contributed by atoms with E-state index in [9.17, 15) is 14.0 Å². The Balaban J connectivity index is 2.09. The molecule has 1 aliphatic heterocycles. The molecule has 21 heavy (non-hydrogen) atoms. The molecule has 1 saturated heterocycles. The molecule has 0 saturated carbocycles.